The fraction of sp³-hybridized carbons (Fsp3) is 0.235. The maximum Gasteiger partial charge on any atom is 0.243 e. The van der Waals surface area contributed by atoms with Gasteiger partial charge in [0.2, 0.25) is 5.91 Å². The predicted octanol–water partition coefficient (Wildman–Crippen LogP) is 4.87. The minimum Gasteiger partial charge on any atom is -0.348 e. The monoisotopic (exact) mass is 436 g/mol. The van der Waals surface area contributed by atoms with Crippen LogP contribution in [0.1, 0.15) is 31.5 Å². The van der Waals surface area contributed by atoms with E-state index in [2.05, 4.69) is 31.4 Å². The van der Waals surface area contributed by atoms with Crippen molar-refractivity contribution < 1.29 is 4.79 Å². The Kier molecular flexibility index (Phi) is 5.51. The van der Waals surface area contributed by atoms with Gasteiger partial charge in [-0.3, -0.25) is 14.5 Å². The lowest BCUT2D eigenvalue weighted by molar-refractivity contribution is -0.124. The Hall–Kier alpha value is -1.77. The van der Waals surface area contributed by atoms with Gasteiger partial charge < -0.3 is 5.32 Å². The van der Waals surface area contributed by atoms with E-state index in [0.717, 1.165) is 14.9 Å². The maximum atomic E-state index is 12.8. The summed E-state index contributed by atoms with van der Waals surface area (Å²) in [7, 11) is 0. The average molecular weight is 437 g/mol. The van der Waals surface area contributed by atoms with Gasteiger partial charge in [0.1, 0.15) is 6.04 Å². The van der Waals surface area contributed by atoms with E-state index in [9.17, 15) is 4.79 Å². The van der Waals surface area contributed by atoms with Crippen LogP contribution in [0.5, 0.6) is 0 Å². The minimum atomic E-state index is -0.474. The standard InChI is InChI=1S/C17H17BrN4OS2/c1-10(12-5-3-6-13(18)9-12)19-16(23)11(2)22-15(20-21-17(22)24)14-7-4-8-25-14/h3-11H,1-2H3,(H,19,23)(H,21,24). The number of H-pyrrole nitrogens is 1. The highest BCUT2D eigenvalue weighted by molar-refractivity contribution is 9.10. The average Bonchev–Trinajstić information content (AvgIpc) is 3.23. The lowest BCUT2D eigenvalue weighted by Gasteiger charge is -2.19. The Morgan fingerprint density at radius 1 is 1.36 bits per heavy atom. The van der Waals surface area contributed by atoms with E-state index in [0.29, 0.717) is 10.6 Å². The fourth-order valence-corrected chi connectivity index (χ4v) is 3.97. The first kappa shape index (κ1) is 18.0. The molecule has 3 rings (SSSR count). The number of carbonyl (C=O) groups is 1. The Balaban J connectivity index is 1.82. The number of aromatic nitrogens is 3. The van der Waals surface area contributed by atoms with Gasteiger partial charge in [-0.05, 0) is 55.2 Å². The number of hydrogen-bond donors (Lipinski definition) is 2. The van der Waals surface area contributed by atoms with Crippen molar-refractivity contribution in [1.82, 2.24) is 20.1 Å². The molecule has 0 saturated carbocycles. The lowest BCUT2D eigenvalue weighted by Crippen LogP contribution is -2.33. The number of carbonyl (C=O) groups excluding carboxylic acids is 1. The molecule has 0 radical (unpaired) electrons. The summed E-state index contributed by atoms with van der Waals surface area (Å²) < 4.78 is 3.17. The molecule has 5 nitrogen and oxygen atoms in total. The molecular weight excluding hydrogens is 420 g/mol. The minimum absolute atomic E-state index is 0.109. The number of nitrogens with zero attached hydrogens (tertiary/aromatic N) is 2. The summed E-state index contributed by atoms with van der Waals surface area (Å²) >= 11 is 10.3. The van der Waals surface area contributed by atoms with Gasteiger partial charge in [0.05, 0.1) is 10.9 Å². The quantitative estimate of drug-likeness (QED) is 0.560. The van der Waals surface area contributed by atoms with E-state index < -0.39 is 6.04 Å². The van der Waals surface area contributed by atoms with Crippen LogP contribution in [0.15, 0.2) is 46.3 Å². The van der Waals surface area contributed by atoms with Gasteiger partial charge in [-0.25, -0.2) is 0 Å². The molecule has 0 aliphatic rings. The molecule has 25 heavy (non-hydrogen) atoms. The third-order valence-corrected chi connectivity index (χ3v) is 5.57. The molecule has 0 saturated heterocycles. The number of thiophene rings is 1. The summed E-state index contributed by atoms with van der Waals surface area (Å²) in [6, 6.07) is 11.2. The van der Waals surface area contributed by atoms with Crippen LogP contribution in [0.25, 0.3) is 10.7 Å². The Labute approximate surface area is 163 Å². The summed E-state index contributed by atoms with van der Waals surface area (Å²) in [6.07, 6.45) is 0. The zero-order valence-corrected chi connectivity index (χ0v) is 16.9. The molecule has 3 aromatic rings. The summed E-state index contributed by atoms with van der Waals surface area (Å²) in [4.78, 5) is 13.7. The van der Waals surface area contributed by atoms with E-state index in [1.807, 2.05) is 55.6 Å². The van der Waals surface area contributed by atoms with Gasteiger partial charge in [-0.1, -0.05) is 34.1 Å². The van der Waals surface area contributed by atoms with Crippen molar-refractivity contribution in [2.24, 2.45) is 0 Å². The number of amides is 1. The second kappa shape index (κ2) is 7.63. The second-order valence-corrected chi connectivity index (χ2v) is 7.91. The Morgan fingerprint density at radius 3 is 2.84 bits per heavy atom. The third kappa shape index (κ3) is 3.91. The molecule has 0 spiro atoms. The van der Waals surface area contributed by atoms with Crippen LogP contribution in [0, 0.1) is 4.77 Å². The smallest absolute Gasteiger partial charge is 0.243 e. The van der Waals surface area contributed by atoms with Gasteiger partial charge in [-0.15, -0.1) is 11.3 Å². The topological polar surface area (TPSA) is 62.7 Å². The molecule has 0 aliphatic carbocycles. The van der Waals surface area contributed by atoms with Gasteiger partial charge in [0.15, 0.2) is 10.6 Å². The second-order valence-electron chi connectivity index (χ2n) is 5.66. The number of rotatable bonds is 5. The van der Waals surface area contributed by atoms with Crippen LogP contribution in [0.4, 0.5) is 0 Å². The zero-order valence-electron chi connectivity index (χ0n) is 13.7. The first-order valence-electron chi connectivity index (χ1n) is 7.74. The Bertz CT molecular complexity index is 932. The lowest BCUT2D eigenvalue weighted by atomic mass is 10.1. The molecule has 0 aliphatic heterocycles. The molecule has 0 fully saturated rings. The molecule has 1 aromatic carbocycles. The molecular formula is C17H17BrN4OS2. The van der Waals surface area contributed by atoms with Crippen LogP contribution in [-0.4, -0.2) is 20.7 Å². The summed E-state index contributed by atoms with van der Waals surface area (Å²) in [6.45, 7) is 3.78. The first-order chi connectivity index (χ1) is 12.0. The van der Waals surface area contributed by atoms with Crippen molar-refractivity contribution in [3.05, 3.63) is 56.6 Å². The van der Waals surface area contributed by atoms with Crippen LogP contribution < -0.4 is 5.32 Å². The number of aromatic amines is 1. The molecule has 2 aromatic heterocycles. The van der Waals surface area contributed by atoms with Crippen LogP contribution in [0.2, 0.25) is 0 Å². The highest BCUT2D eigenvalue weighted by atomic mass is 79.9. The van der Waals surface area contributed by atoms with Gasteiger partial charge in [0, 0.05) is 4.47 Å². The van der Waals surface area contributed by atoms with Crippen molar-refractivity contribution in [2.45, 2.75) is 25.9 Å². The molecule has 2 N–H and O–H groups in total. The molecule has 1 amide bonds. The van der Waals surface area contributed by atoms with Crippen molar-refractivity contribution in [3.63, 3.8) is 0 Å². The van der Waals surface area contributed by atoms with Gasteiger partial charge in [-0.2, -0.15) is 5.10 Å². The highest BCUT2D eigenvalue weighted by Crippen LogP contribution is 2.26. The number of hydrogen-bond acceptors (Lipinski definition) is 4. The molecule has 2 unspecified atom stereocenters. The van der Waals surface area contributed by atoms with Crippen LogP contribution in [-0.2, 0) is 4.79 Å². The third-order valence-electron chi connectivity index (χ3n) is 3.92. The molecule has 130 valence electrons. The van der Waals surface area contributed by atoms with Crippen LogP contribution >= 0.6 is 39.5 Å². The number of benzene rings is 1. The van der Waals surface area contributed by atoms with Crippen molar-refractivity contribution in [2.75, 3.05) is 0 Å². The normalized spacial score (nSPS) is 13.4. The number of halogens is 1. The van der Waals surface area contributed by atoms with E-state index in [4.69, 9.17) is 12.2 Å². The summed E-state index contributed by atoms with van der Waals surface area (Å²) in [5.41, 5.74) is 1.03. The van der Waals surface area contributed by atoms with Gasteiger partial charge in [0.25, 0.3) is 0 Å². The molecule has 2 heterocycles. The summed E-state index contributed by atoms with van der Waals surface area (Å²) in [5, 5.41) is 12.1. The SMILES string of the molecule is CC(NC(=O)C(C)n1c(-c2cccs2)n[nH]c1=S)c1cccc(Br)c1. The maximum absolute atomic E-state index is 12.8. The fourth-order valence-electron chi connectivity index (χ4n) is 2.55. The molecule has 0 bridgehead atoms. The Morgan fingerprint density at radius 2 is 2.16 bits per heavy atom. The predicted molar refractivity (Wildman–Crippen MR) is 106 cm³/mol. The van der Waals surface area contributed by atoms with Gasteiger partial charge >= 0.3 is 0 Å². The van der Waals surface area contributed by atoms with E-state index in [-0.39, 0.29) is 11.9 Å². The zero-order chi connectivity index (χ0) is 18.0. The van der Waals surface area contributed by atoms with Crippen molar-refractivity contribution in [1.29, 1.82) is 0 Å². The number of nitrogens with one attached hydrogen (secondary N) is 2. The van der Waals surface area contributed by atoms with Crippen molar-refractivity contribution in [3.8, 4) is 10.7 Å². The highest BCUT2D eigenvalue weighted by Gasteiger charge is 2.22. The molecule has 8 heteroatoms. The molecule has 2 atom stereocenters. The summed E-state index contributed by atoms with van der Waals surface area (Å²) in [5.74, 6) is 0.570. The first-order valence-corrected chi connectivity index (χ1v) is 9.82. The van der Waals surface area contributed by atoms with Crippen LogP contribution in [0.3, 0.4) is 0 Å². The van der Waals surface area contributed by atoms with E-state index in [1.165, 1.54) is 0 Å². The van der Waals surface area contributed by atoms with E-state index in [1.54, 1.807) is 15.9 Å². The largest absolute Gasteiger partial charge is 0.348 e. The van der Waals surface area contributed by atoms with Crippen molar-refractivity contribution >= 4 is 45.4 Å². The van der Waals surface area contributed by atoms with E-state index >= 15 is 0 Å².